The molecule has 1 saturated heterocycles. The summed E-state index contributed by atoms with van der Waals surface area (Å²) in [5, 5.41) is 9.07. The van der Waals surface area contributed by atoms with Gasteiger partial charge in [-0.15, -0.1) is 0 Å². The molecular weight excluding hydrogens is 263 g/mol. The van der Waals surface area contributed by atoms with Crippen molar-refractivity contribution in [1.29, 1.82) is 0 Å². The first-order chi connectivity index (χ1) is 8.93. The molecule has 0 aliphatic carbocycles. The Bertz CT molecular complexity index is 476. The molecule has 2 rings (SSSR count). The van der Waals surface area contributed by atoms with E-state index in [1.54, 1.807) is 0 Å². The largest absolute Gasteiger partial charge is 0.447 e. The molecule has 0 radical (unpaired) electrons. The van der Waals surface area contributed by atoms with Gasteiger partial charge in [0.2, 0.25) is 0 Å². The number of nitrogens with zero attached hydrogens (tertiary/aromatic N) is 1. The second-order valence-electron chi connectivity index (χ2n) is 4.20. The third kappa shape index (κ3) is 2.81. The van der Waals surface area contributed by atoms with E-state index >= 15 is 0 Å². The van der Waals surface area contributed by atoms with Gasteiger partial charge in [-0.05, 0) is 11.6 Å². The molecule has 1 heterocycles. The number of aliphatic hydroxyl groups excluding tert-OH is 1. The number of ether oxygens (including phenoxy) is 1. The Morgan fingerprint density at radius 1 is 1.37 bits per heavy atom. The molecule has 104 valence electrons. The second-order valence-corrected chi connectivity index (χ2v) is 4.20. The van der Waals surface area contributed by atoms with Crippen molar-refractivity contribution >= 4 is 6.09 Å². The zero-order valence-corrected chi connectivity index (χ0v) is 9.85. The highest BCUT2D eigenvalue weighted by Gasteiger charge is 2.37. The number of benzene rings is 1. The fourth-order valence-electron chi connectivity index (χ4n) is 1.95. The molecule has 1 aromatic rings. The molecule has 1 amide bonds. The van der Waals surface area contributed by atoms with Crippen LogP contribution in [-0.2, 0) is 17.5 Å². The lowest BCUT2D eigenvalue weighted by molar-refractivity contribution is -0.138. The third-order valence-corrected chi connectivity index (χ3v) is 2.95. The predicted octanol–water partition coefficient (Wildman–Crippen LogP) is 2.02. The lowest BCUT2D eigenvalue weighted by Crippen LogP contribution is -2.36. The molecule has 1 atom stereocenters. The number of alkyl halides is 3. The van der Waals surface area contributed by atoms with Crippen LogP contribution in [0.15, 0.2) is 24.3 Å². The smallest absolute Gasteiger partial charge is 0.416 e. The van der Waals surface area contributed by atoms with E-state index in [0.717, 1.165) is 11.0 Å². The summed E-state index contributed by atoms with van der Waals surface area (Å²) >= 11 is 0. The number of carbonyl (C=O) groups is 1. The van der Waals surface area contributed by atoms with E-state index in [-0.39, 0.29) is 25.3 Å². The molecule has 0 saturated carbocycles. The monoisotopic (exact) mass is 275 g/mol. The van der Waals surface area contributed by atoms with Crippen molar-refractivity contribution in [1.82, 2.24) is 4.90 Å². The lowest BCUT2D eigenvalue weighted by atomic mass is 10.1. The SMILES string of the molecule is O=C1OCC(CO)N1Cc1ccccc1C(F)(F)F. The molecule has 4 nitrogen and oxygen atoms in total. The summed E-state index contributed by atoms with van der Waals surface area (Å²) < 4.78 is 43.2. The van der Waals surface area contributed by atoms with E-state index < -0.39 is 23.9 Å². The molecule has 1 aliphatic rings. The van der Waals surface area contributed by atoms with Crippen molar-refractivity contribution in [3.05, 3.63) is 35.4 Å². The van der Waals surface area contributed by atoms with Gasteiger partial charge in [-0.25, -0.2) is 4.79 Å². The zero-order valence-electron chi connectivity index (χ0n) is 9.85. The maximum atomic E-state index is 12.8. The van der Waals surface area contributed by atoms with Crippen LogP contribution in [0.2, 0.25) is 0 Å². The van der Waals surface area contributed by atoms with Crippen LogP contribution < -0.4 is 0 Å². The molecule has 0 spiro atoms. The topological polar surface area (TPSA) is 49.8 Å². The molecule has 1 N–H and O–H groups in total. The number of hydrogen-bond donors (Lipinski definition) is 1. The van der Waals surface area contributed by atoms with Gasteiger partial charge in [0.15, 0.2) is 0 Å². The number of hydrogen-bond acceptors (Lipinski definition) is 3. The maximum Gasteiger partial charge on any atom is 0.416 e. The average Bonchev–Trinajstić information content (AvgIpc) is 2.70. The number of aliphatic hydroxyl groups is 1. The summed E-state index contributed by atoms with van der Waals surface area (Å²) in [6.07, 6.45) is -5.19. The van der Waals surface area contributed by atoms with Gasteiger partial charge < -0.3 is 9.84 Å². The Balaban J connectivity index is 2.26. The minimum absolute atomic E-state index is 0.0104. The van der Waals surface area contributed by atoms with Crippen LogP contribution in [-0.4, -0.2) is 35.4 Å². The Labute approximate surface area is 107 Å². The molecule has 7 heteroatoms. The van der Waals surface area contributed by atoms with Crippen LogP contribution in [0.5, 0.6) is 0 Å². The first-order valence-electron chi connectivity index (χ1n) is 5.63. The van der Waals surface area contributed by atoms with Crippen LogP contribution in [0.3, 0.4) is 0 Å². The first-order valence-corrected chi connectivity index (χ1v) is 5.63. The van der Waals surface area contributed by atoms with Gasteiger partial charge >= 0.3 is 12.3 Å². The molecule has 0 aromatic heterocycles. The van der Waals surface area contributed by atoms with Crippen LogP contribution in [0.1, 0.15) is 11.1 Å². The van der Waals surface area contributed by atoms with Crippen LogP contribution in [0.4, 0.5) is 18.0 Å². The summed E-state index contributed by atoms with van der Waals surface area (Å²) in [4.78, 5) is 12.5. The Morgan fingerprint density at radius 3 is 2.68 bits per heavy atom. The Hall–Kier alpha value is -1.76. The highest BCUT2D eigenvalue weighted by molar-refractivity contribution is 5.70. The summed E-state index contributed by atoms with van der Waals surface area (Å²) in [6.45, 7) is -0.594. The van der Waals surface area contributed by atoms with Crippen LogP contribution in [0, 0.1) is 0 Å². The summed E-state index contributed by atoms with van der Waals surface area (Å²) in [5.74, 6) is 0. The normalized spacial score (nSPS) is 19.7. The van der Waals surface area contributed by atoms with E-state index in [1.807, 2.05) is 0 Å². The minimum atomic E-state index is -4.48. The Morgan fingerprint density at radius 2 is 2.05 bits per heavy atom. The number of halogens is 3. The molecule has 0 bridgehead atoms. The van der Waals surface area contributed by atoms with Crippen molar-refractivity contribution in [3.63, 3.8) is 0 Å². The summed E-state index contributed by atoms with van der Waals surface area (Å²) in [7, 11) is 0. The van der Waals surface area contributed by atoms with Crippen LogP contribution in [0.25, 0.3) is 0 Å². The van der Waals surface area contributed by atoms with Crippen molar-refractivity contribution < 1.29 is 27.8 Å². The summed E-state index contributed by atoms with van der Waals surface area (Å²) in [5.41, 5.74) is -0.807. The zero-order chi connectivity index (χ0) is 14.0. The predicted molar refractivity (Wildman–Crippen MR) is 59.2 cm³/mol. The highest BCUT2D eigenvalue weighted by atomic mass is 19.4. The van der Waals surface area contributed by atoms with E-state index in [2.05, 4.69) is 0 Å². The Kier molecular flexibility index (Phi) is 3.66. The van der Waals surface area contributed by atoms with Gasteiger partial charge in [-0.1, -0.05) is 18.2 Å². The minimum Gasteiger partial charge on any atom is -0.447 e. The van der Waals surface area contributed by atoms with Crippen molar-refractivity contribution in [2.75, 3.05) is 13.2 Å². The van der Waals surface area contributed by atoms with Gasteiger partial charge in [0.25, 0.3) is 0 Å². The molecule has 1 unspecified atom stereocenters. The molecular formula is C12H12F3NO3. The standard InChI is InChI=1S/C12H12F3NO3/c13-12(14,15)10-4-2-1-3-8(10)5-16-9(6-17)7-19-11(16)18/h1-4,9,17H,5-7H2. The van der Waals surface area contributed by atoms with Gasteiger partial charge in [-0.3, -0.25) is 4.90 Å². The first kappa shape index (κ1) is 13.7. The molecule has 1 aromatic carbocycles. The van der Waals surface area contributed by atoms with Crippen molar-refractivity contribution in [3.8, 4) is 0 Å². The number of rotatable bonds is 3. The second kappa shape index (κ2) is 5.08. The van der Waals surface area contributed by atoms with E-state index in [1.165, 1.54) is 18.2 Å². The average molecular weight is 275 g/mol. The molecule has 19 heavy (non-hydrogen) atoms. The maximum absolute atomic E-state index is 12.8. The molecule has 1 fully saturated rings. The fraction of sp³-hybridized carbons (Fsp3) is 0.417. The van der Waals surface area contributed by atoms with Crippen molar-refractivity contribution in [2.45, 2.75) is 18.8 Å². The molecule has 1 aliphatic heterocycles. The number of cyclic esters (lactones) is 1. The van der Waals surface area contributed by atoms with Gasteiger partial charge in [0.05, 0.1) is 24.8 Å². The van der Waals surface area contributed by atoms with Crippen molar-refractivity contribution in [2.24, 2.45) is 0 Å². The van der Waals surface area contributed by atoms with Gasteiger partial charge in [0.1, 0.15) is 6.61 Å². The lowest BCUT2D eigenvalue weighted by Gasteiger charge is -2.21. The fourth-order valence-corrected chi connectivity index (χ4v) is 1.95. The van der Waals surface area contributed by atoms with Gasteiger partial charge in [0, 0.05) is 0 Å². The number of carbonyl (C=O) groups excluding carboxylic acids is 1. The number of amides is 1. The summed E-state index contributed by atoms with van der Waals surface area (Å²) in [6, 6.07) is 4.43. The quantitative estimate of drug-likeness (QED) is 0.918. The van der Waals surface area contributed by atoms with E-state index in [0.29, 0.717) is 0 Å². The van der Waals surface area contributed by atoms with E-state index in [4.69, 9.17) is 9.84 Å². The van der Waals surface area contributed by atoms with Crippen LogP contribution >= 0.6 is 0 Å². The van der Waals surface area contributed by atoms with E-state index in [9.17, 15) is 18.0 Å². The highest BCUT2D eigenvalue weighted by Crippen LogP contribution is 2.33. The van der Waals surface area contributed by atoms with Gasteiger partial charge in [-0.2, -0.15) is 13.2 Å². The third-order valence-electron chi connectivity index (χ3n) is 2.95.